The Balaban J connectivity index is 0. The van der Waals surface area contributed by atoms with Crippen LogP contribution in [0.25, 0.3) is 0 Å². The lowest BCUT2D eigenvalue weighted by Crippen LogP contribution is -2.24. The van der Waals surface area contributed by atoms with Crippen LogP contribution in [0, 0.1) is 11.8 Å². The van der Waals surface area contributed by atoms with Crippen molar-refractivity contribution in [1.82, 2.24) is 0 Å². The first-order chi connectivity index (χ1) is 13.1. The Morgan fingerprint density at radius 1 is 0.519 bits per heavy atom. The fourth-order valence-electron chi connectivity index (χ4n) is 3.06. The van der Waals surface area contributed by atoms with Gasteiger partial charge in [-0.05, 0) is 37.5 Å². The molecule has 0 fully saturated rings. The van der Waals surface area contributed by atoms with Gasteiger partial charge in [-0.15, -0.1) is 0 Å². The Morgan fingerprint density at radius 3 is 1.26 bits per heavy atom. The van der Waals surface area contributed by atoms with Gasteiger partial charge in [-0.25, -0.2) is 0 Å². The summed E-state index contributed by atoms with van der Waals surface area (Å²) in [6, 6.07) is 0. The molecule has 0 aliphatic rings. The maximum atomic E-state index is 6.22. The Bertz CT molecular complexity index is 235. The second-order valence-electron chi connectivity index (χ2n) is 8.13. The molecule has 0 radical (unpaired) electrons. The first-order valence-corrected chi connectivity index (χ1v) is 12.4. The first-order valence-electron chi connectivity index (χ1n) is 12.4. The van der Waals surface area contributed by atoms with Crippen LogP contribution in [0.15, 0.2) is 0 Å². The second-order valence-corrected chi connectivity index (χ2v) is 8.13. The third kappa shape index (κ3) is 20.5. The molecule has 0 amide bonds. The lowest BCUT2D eigenvalue weighted by atomic mass is 10.0. The summed E-state index contributed by atoms with van der Waals surface area (Å²) >= 11 is 0. The fraction of sp³-hybridized carbons (Fsp3) is 1.00. The summed E-state index contributed by atoms with van der Waals surface area (Å²) in [4.78, 5) is 0. The van der Waals surface area contributed by atoms with E-state index in [-0.39, 0.29) is 6.29 Å². The van der Waals surface area contributed by atoms with Crippen LogP contribution in [0.3, 0.4) is 0 Å². The molecule has 0 aliphatic heterocycles. The highest BCUT2D eigenvalue weighted by Gasteiger charge is 2.15. The molecule has 0 aromatic heterocycles. The zero-order chi connectivity index (χ0) is 20.8. The number of hydrogen-bond acceptors (Lipinski definition) is 2. The van der Waals surface area contributed by atoms with E-state index < -0.39 is 0 Å². The van der Waals surface area contributed by atoms with Crippen molar-refractivity contribution in [3.05, 3.63) is 0 Å². The molecule has 0 N–H and O–H groups in total. The summed E-state index contributed by atoms with van der Waals surface area (Å²) in [5, 5.41) is 0. The van der Waals surface area contributed by atoms with Crippen molar-refractivity contribution in [2.45, 2.75) is 138 Å². The van der Waals surface area contributed by atoms with Gasteiger partial charge in [0.1, 0.15) is 0 Å². The highest BCUT2D eigenvalue weighted by Crippen LogP contribution is 2.19. The van der Waals surface area contributed by atoms with Gasteiger partial charge < -0.3 is 9.47 Å². The van der Waals surface area contributed by atoms with Gasteiger partial charge in [-0.2, -0.15) is 0 Å². The molecule has 0 aliphatic carbocycles. The molecule has 2 nitrogen and oxygen atoms in total. The van der Waals surface area contributed by atoms with E-state index in [1.165, 1.54) is 77.0 Å². The molecule has 2 atom stereocenters. The summed E-state index contributed by atoms with van der Waals surface area (Å²) in [7, 11) is 0. The van der Waals surface area contributed by atoms with E-state index in [9.17, 15) is 0 Å². The van der Waals surface area contributed by atoms with E-state index in [1.807, 2.05) is 0 Å². The topological polar surface area (TPSA) is 18.5 Å². The standard InChI is InChI=1S/C22H46O2.C3H8/c1-6-11-14-17-22(23-18-20(9-4)15-12-7-2)24-19-21(10-5)16-13-8-3;1-3-2/h20-22H,6-19H2,1-5H3;3H2,1-2H3. The fourth-order valence-corrected chi connectivity index (χ4v) is 3.06. The van der Waals surface area contributed by atoms with Gasteiger partial charge in [0.05, 0.1) is 13.2 Å². The highest BCUT2D eigenvalue weighted by atomic mass is 16.7. The van der Waals surface area contributed by atoms with E-state index in [2.05, 4.69) is 48.5 Å². The van der Waals surface area contributed by atoms with Crippen LogP contribution < -0.4 is 0 Å². The van der Waals surface area contributed by atoms with Gasteiger partial charge in [-0.3, -0.25) is 0 Å². The van der Waals surface area contributed by atoms with Gasteiger partial charge >= 0.3 is 0 Å². The summed E-state index contributed by atoms with van der Waals surface area (Å²) < 4.78 is 12.4. The number of unbranched alkanes of at least 4 members (excludes halogenated alkanes) is 4. The van der Waals surface area contributed by atoms with Crippen molar-refractivity contribution in [1.29, 1.82) is 0 Å². The molecule has 2 unspecified atom stereocenters. The number of rotatable bonds is 18. The molecule has 0 aromatic carbocycles. The van der Waals surface area contributed by atoms with Gasteiger partial charge in [0.25, 0.3) is 0 Å². The normalized spacial score (nSPS) is 14.3. The molecular weight excluding hydrogens is 332 g/mol. The molecule has 0 saturated heterocycles. The van der Waals surface area contributed by atoms with Gasteiger partial charge in [0, 0.05) is 0 Å². The minimum Gasteiger partial charge on any atom is -0.352 e. The van der Waals surface area contributed by atoms with Crippen molar-refractivity contribution in [3.8, 4) is 0 Å². The minimum absolute atomic E-state index is 0.0166. The van der Waals surface area contributed by atoms with Crippen LogP contribution in [-0.4, -0.2) is 19.5 Å². The average molecular weight is 387 g/mol. The minimum atomic E-state index is 0.0166. The molecule has 0 heterocycles. The predicted molar refractivity (Wildman–Crippen MR) is 122 cm³/mol. The van der Waals surface area contributed by atoms with Crippen molar-refractivity contribution in [2.24, 2.45) is 11.8 Å². The van der Waals surface area contributed by atoms with E-state index in [4.69, 9.17) is 9.47 Å². The monoisotopic (exact) mass is 386 g/mol. The third-order valence-electron chi connectivity index (χ3n) is 5.17. The van der Waals surface area contributed by atoms with Gasteiger partial charge in [0.2, 0.25) is 0 Å². The summed E-state index contributed by atoms with van der Waals surface area (Å²) in [6.45, 7) is 17.4. The van der Waals surface area contributed by atoms with E-state index in [0.717, 1.165) is 19.6 Å². The van der Waals surface area contributed by atoms with Crippen LogP contribution >= 0.6 is 0 Å². The van der Waals surface area contributed by atoms with E-state index in [1.54, 1.807) is 0 Å². The molecule has 0 rings (SSSR count). The van der Waals surface area contributed by atoms with Gasteiger partial charge in [-0.1, -0.05) is 106 Å². The summed E-state index contributed by atoms with van der Waals surface area (Å²) in [5.41, 5.74) is 0. The zero-order valence-electron chi connectivity index (χ0n) is 20.2. The lowest BCUT2D eigenvalue weighted by molar-refractivity contribution is -0.162. The third-order valence-corrected chi connectivity index (χ3v) is 5.17. The maximum Gasteiger partial charge on any atom is 0.157 e. The zero-order valence-corrected chi connectivity index (χ0v) is 20.2. The molecular formula is C25H54O2. The Kier molecular flexibility index (Phi) is 25.8. The van der Waals surface area contributed by atoms with E-state index >= 15 is 0 Å². The second kappa shape index (κ2) is 24.0. The predicted octanol–water partition coefficient (Wildman–Crippen LogP) is 8.78. The lowest BCUT2D eigenvalue weighted by Gasteiger charge is -2.24. The van der Waals surface area contributed by atoms with Gasteiger partial charge in [0.15, 0.2) is 6.29 Å². The number of ether oxygens (including phenoxy) is 2. The number of hydrogen-bond donors (Lipinski definition) is 0. The average Bonchev–Trinajstić information content (AvgIpc) is 2.68. The molecule has 0 bridgehead atoms. The van der Waals surface area contributed by atoms with Crippen LogP contribution in [0.1, 0.15) is 132 Å². The van der Waals surface area contributed by atoms with Crippen molar-refractivity contribution >= 4 is 0 Å². The van der Waals surface area contributed by atoms with Crippen molar-refractivity contribution in [3.63, 3.8) is 0 Å². The first kappa shape index (κ1) is 29.1. The molecule has 0 aromatic rings. The SMILES string of the molecule is CCC.CCCCCC(OCC(CC)CCCC)OCC(CC)CCCC. The molecule has 166 valence electrons. The molecule has 2 heteroatoms. The largest absolute Gasteiger partial charge is 0.352 e. The Morgan fingerprint density at radius 2 is 0.926 bits per heavy atom. The smallest absolute Gasteiger partial charge is 0.157 e. The molecule has 0 saturated carbocycles. The Labute approximate surface area is 173 Å². The quantitative estimate of drug-likeness (QED) is 0.173. The maximum absolute atomic E-state index is 6.22. The van der Waals surface area contributed by atoms with Crippen LogP contribution in [-0.2, 0) is 9.47 Å². The van der Waals surface area contributed by atoms with Crippen molar-refractivity contribution < 1.29 is 9.47 Å². The summed E-state index contributed by atoms with van der Waals surface area (Å²) in [5.74, 6) is 1.40. The summed E-state index contributed by atoms with van der Waals surface area (Å²) in [6.07, 6.45) is 16.3. The highest BCUT2D eigenvalue weighted by molar-refractivity contribution is 4.60. The van der Waals surface area contributed by atoms with Crippen LogP contribution in [0.2, 0.25) is 0 Å². The Hall–Kier alpha value is -0.0800. The molecule has 27 heavy (non-hydrogen) atoms. The molecule has 0 spiro atoms. The van der Waals surface area contributed by atoms with E-state index in [0.29, 0.717) is 11.8 Å². The van der Waals surface area contributed by atoms with Crippen molar-refractivity contribution in [2.75, 3.05) is 13.2 Å². The van der Waals surface area contributed by atoms with Crippen LogP contribution in [0.5, 0.6) is 0 Å². The van der Waals surface area contributed by atoms with Crippen LogP contribution in [0.4, 0.5) is 0 Å².